The van der Waals surface area contributed by atoms with Gasteiger partial charge < -0.3 is 4.74 Å². The molecule has 140 valence electrons. The molecule has 1 atom stereocenters. The minimum absolute atomic E-state index is 0.0286. The fourth-order valence-corrected chi connectivity index (χ4v) is 4.42. The van der Waals surface area contributed by atoms with Gasteiger partial charge in [0.25, 0.3) is 5.56 Å². The van der Waals surface area contributed by atoms with Gasteiger partial charge in [-0.25, -0.2) is 9.37 Å². The molecule has 0 saturated carbocycles. The van der Waals surface area contributed by atoms with Crippen molar-refractivity contribution < 1.29 is 9.13 Å². The van der Waals surface area contributed by atoms with Crippen molar-refractivity contribution in [2.75, 3.05) is 12.4 Å². The Morgan fingerprint density at radius 2 is 2.11 bits per heavy atom. The first kappa shape index (κ1) is 18.5. The Kier molecular flexibility index (Phi) is 5.48. The van der Waals surface area contributed by atoms with Crippen molar-refractivity contribution in [3.63, 3.8) is 0 Å². The number of fused-ring (bicyclic) bond motifs is 1. The van der Waals surface area contributed by atoms with Crippen molar-refractivity contribution in [2.24, 2.45) is 0 Å². The van der Waals surface area contributed by atoms with Crippen LogP contribution in [0.4, 0.5) is 4.39 Å². The first-order valence-corrected chi connectivity index (χ1v) is 10.2. The SMILES string of the molecule is O=c1c2ccccc2nc(SCC2CCCCO2)n1-c1ccc(F)c(Cl)c1. The molecule has 2 aromatic carbocycles. The molecule has 1 aliphatic heterocycles. The third-order valence-electron chi connectivity index (χ3n) is 4.58. The van der Waals surface area contributed by atoms with Crippen molar-refractivity contribution in [3.05, 3.63) is 63.7 Å². The van der Waals surface area contributed by atoms with Crippen LogP contribution in [0.3, 0.4) is 0 Å². The van der Waals surface area contributed by atoms with Gasteiger partial charge in [-0.2, -0.15) is 0 Å². The molecule has 1 fully saturated rings. The van der Waals surface area contributed by atoms with E-state index in [1.54, 1.807) is 18.2 Å². The minimum atomic E-state index is -0.521. The van der Waals surface area contributed by atoms with Gasteiger partial charge in [-0.1, -0.05) is 35.5 Å². The van der Waals surface area contributed by atoms with E-state index in [2.05, 4.69) is 4.98 Å². The number of nitrogens with zero attached hydrogens (tertiary/aromatic N) is 2. The summed E-state index contributed by atoms with van der Waals surface area (Å²) in [5, 5.41) is 1.03. The summed E-state index contributed by atoms with van der Waals surface area (Å²) in [4.78, 5) is 17.8. The lowest BCUT2D eigenvalue weighted by Crippen LogP contribution is -2.24. The highest BCUT2D eigenvalue weighted by atomic mass is 35.5. The highest BCUT2D eigenvalue weighted by Crippen LogP contribution is 2.26. The van der Waals surface area contributed by atoms with Gasteiger partial charge >= 0.3 is 0 Å². The average Bonchev–Trinajstić information content (AvgIpc) is 2.70. The lowest BCUT2D eigenvalue weighted by atomic mass is 10.1. The van der Waals surface area contributed by atoms with Crippen LogP contribution in [0.2, 0.25) is 5.02 Å². The van der Waals surface area contributed by atoms with Crippen molar-refractivity contribution in [1.82, 2.24) is 9.55 Å². The van der Waals surface area contributed by atoms with E-state index < -0.39 is 5.82 Å². The fourth-order valence-electron chi connectivity index (χ4n) is 3.17. The lowest BCUT2D eigenvalue weighted by molar-refractivity contribution is 0.0315. The molecule has 0 amide bonds. The first-order chi connectivity index (χ1) is 13.1. The molecule has 1 saturated heterocycles. The molecule has 0 radical (unpaired) electrons. The fraction of sp³-hybridized carbons (Fsp3) is 0.300. The Labute approximate surface area is 165 Å². The van der Waals surface area contributed by atoms with Crippen LogP contribution in [0.1, 0.15) is 19.3 Å². The van der Waals surface area contributed by atoms with E-state index in [-0.39, 0.29) is 16.7 Å². The summed E-state index contributed by atoms with van der Waals surface area (Å²) in [6, 6.07) is 11.5. The van der Waals surface area contributed by atoms with Gasteiger partial charge in [-0.05, 0) is 49.6 Å². The van der Waals surface area contributed by atoms with Gasteiger partial charge in [0.05, 0.1) is 27.7 Å². The van der Waals surface area contributed by atoms with Crippen LogP contribution in [0.15, 0.2) is 52.4 Å². The molecule has 7 heteroatoms. The van der Waals surface area contributed by atoms with E-state index in [9.17, 15) is 9.18 Å². The van der Waals surface area contributed by atoms with Gasteiger partial charge in [-0.15, -0.1) is 0 Å². The van der Waals surface area contributed by atoms with Crippen LogP contribution in [-0.4, -0.2) is 28.0 Å². The predicted molar refractivity (Wildman–Crippen MR) is 107 cm³/mol. The van der Waals surface area contributed by atoms with Gasteiger partial charge in [0.15, 0.2) is 5.16 Å². The molecule has 3 aromatic rings. The average molecular weight is 405 g/mol. The van der Waals surface area contributed by atoms with Crippen LogP contribution in [0, 0.1) is 5.82 Å². The Morgan fingerprint density at radius 1 is 1.26 bits per heavy atom. The number of ether oxygens (including phenoxy) is 1. The molecule has 27 heavy (non-hydrogen) atoms. The lowest BCUT2D eigenvalue weighted by Gasteiger charge is -2.22. The Morgan fingerprint density at radius 3 is 2.89 bits per heavy atom. The van der Waals surface area contributed by atoms with E-state index in [1.807, 2.05) is 12.1 Å². The minimum Gasteiger partial charge on any atom is -0.377 e. The predicted octanol–water partition coefficient (Wildman–Crippen LogP) is 4.84. The number of halogens is 2. The number of hydrogen-bond donors (Lipinski definition) is 0. The maximum atomic E-state index is 13.6. The molecule has 0 bridgehead atoms. The second kappa shape index (κ2) is 8.00. The summed E-state index contributed by atoms with van der Waals surface area (Å²) < 4.78 is 20.9. The van der Waals surface area contributed by atoms with Gasteiger partial charge in [0.1, 0.15) is 5.82 Å². The first-order valence-electron chi connectivity index (χ1n) is 8.85. The van der Waals surface area contributed by atoms with Gasteiger partial charge in [-0.3, -0.25) is 9.36 Å². The zero-order valence-corrected chi connectivity index (χ0v) is 16.1. The Hall–Kier alpha value is -1.89. The smallest absolute Gasteiger partial charge is 0.266 e. The highest BCUT2D eigenvalue weighted by Gasteiger charge is 2.18. The molecule has 0 spiro atoms. The third kappa shape index (κ3) is 3.88. The molecule has 1 unspecified atom stereocenters. The number of rotatable bonds is 4. The van der Waals surface area contributed by atoms with Crippen LogP contribution in [0.25, 0.3) is 16.6 Å². The molecule has 4 nitrogen and oxygen atoms in total. The van der Waals surface area contributed by atoms with E-state index in [0.29, 0.717) is 27.5 Å². The van der Waals surface area contributed by atoms with E-state index in [4.69, 9.17) is 16.3 Å². The van der Waals surface area contributed by atoms with Crippen LogP contribution >= 0.6 is 23.4 Å². The van der Waals surface area contributed by atoms with Crippen LogP contribution in [-0.2, 0) is 4.74 Å². The van der Waals surface area contributed by atoms with Crippen molar-refractivity contribution in [2.45, 2.75) is 30.5 Å². The highest BCUT2D eigenvalue weighted by molar-refractivity contribution is 7.99. The zero-order valence-electron chi connectivity index (χ0n) is 14.5. The molecule has 1 aliphatic rings. The number of hydrogen-bond acceptors (Lipinski definition) is 4. The molecule has 4 rings (SSSR count). The van der Waals surface area contributed by atoms with Crippen molar-refractivity contribution in [1.29, 1.82) is 0 Å². The quantitative estimate of drug-likeness (QED) is 0.461. The van der Waals surface area contributed by atoms with E-state index in [0.717, 1.165) is 25.9 Å². The zero-order chi connectivity index (χ0) is 18.8. The molecular weight excluding hydrogens is 387 g/mol. The summed E-state index contributed by atoms with van der Waals surface area (Å²) in [5.74, 6) is 0.187. The Bertz CT molecular complexity index is 1030. The Balaban J connectivity index is 1.79. The van der Waals surface area contributed by atoms with Crippen LogP contribution < -0.4 is 5.56 Å². The second-order valence-corrected chi connectivity index (χ2v) is 7.84. The summed E-state index contributed by atoms with van der Waals surface area (Å²) in [6.07, 6.45) is 3.40. The summed E-state index contributed by atoms with van der Waals surface area (Å²) in [5.41, 5.74) is 0.936. The number of thioether (sulfide) groups is 1. The second-order valence-electron chi connectivity index (χ2n) is 6.45. The third-order valence-corrected chi connectivity index (χ3v) is 5.94. The number of aromatic nitrogens is 2. The normalized spacial score (nSPS) is 17.3. The molecular formula is C20H18ClFN2O2S. The van der Waals surface area contributed by atoms with Crippen molar-refractivity contribution in [3.8, 4) is 5.69 Å². The maximum Gasteiger partial charge on any atom is 0.266 e. The standard InChI is InChI=1S/C20H18ClFN2O2S/c21-16-11-13(8-9-17(16)22)24-19(25)15-6-1-2-7-18(15)23-20(24)27-12-14-5-3-4-10-26-14/h1-2,6-9,11,14H,3-5,10,12H2. The monoisotopic (exact) mass is 404 g/mol. The van der Waals surface area contributed by atoms with E-state index >= 15 is 0 Å². The van der Waals surface area contributed by atoms with Crippen LogP contribution in [0.5, 0.6) is 0 Å². The topological polar surface area (TPSA) is 44.1 Å². The van der Waals surface area contributed by atoms with Gasteiger partial charge in [0.2, 0.25) is 0 Å². The largest absolute Gasteiger partial charge is 0.377 e. The van der Waals surface area contributed by atoms with Crippen molar-refractivity contribution >= 4 is 34.3 Å². The maximum absolute atomic E-state index is 13.6. The number of benzene rings is 2. The molecule has 2 heterocycles. The molecule has 1 aromatic heterocycles. The molecule has 0 N–H and O–H groups in total. The number of para-hydroxylation sites is 1. The summed E-state index contributed by atoms with van der Waals surface area (Å²) in [6.45, 7) is 0.775. The van der Waals surface area contributed by atoms with Gasteiger partial charge in [0, 0.05) is 12.4 Å². The molecule has 0 aliphatic carbocycles. The summed E-state index contributed by atoms with van der Waals surface area (Å²) >= 11 is 7.43. The van der Waals surface area contributed by atoms with E-state index in [1.165, 1.54) is 28.5 Å². The summed E-state index contributed by atoms with van der Waals surface area (Å²) in [7, 11) is 0.